The van der Waals surface area contributed by atoms with Crippen molar-refractivity contribution < 1.29 is 4.74 Å². The molecule has 172 valence electrons. The van der Waals surface area contributed by atoms with E-state index in [1.54, 1.807) is 0 Å². The van der Waals surface area contributed by atoms with E-state index in [0.29, 0.717) is 11.8 Å². The second-order valence-electron chi connectivity index (χ2n) is 9.55. The molecular weight excluding hydrogens is 390 g/mol. The summed E-state index contributed by atoms with van der Waals surface area (Å²) in [5, 5.41) is 9.47. The fourth-order valence-corrected chi connectivity index (χ4v) is 5.16. The molecule has 32 heavy (non-hydrogen) atoms. The van der Waals surface area contributed by atoms with Gasteiger partial charge in [-0.25, -0.2) is 0 Å². The van der Waals surface area contributed by atoms with Crippen LogP contribution in [0.2, 0.25) is 0 Å². The molecule has 2 nitrogen and oxygen atoms in total. The zero-order chi connectivity index (χ0) is 22.6. The van der Waals surface area contributed by atoms with E-state index >= 15 is 0 Å². The highest BCUT2D eigenvalue weighted by molar-refractivity contribution is 5.64. The Morgan fingerprint density at radius 1 is 0.812 bits per heavy atom. The van der Waals surface area contributed by atoms with E-state index in [-0.39, 0.29) is 5.92 Å². The topological polar surface area (TPSA) is 33.0 Å². The van der Waals surface area contributed by atoms with Crippen LogP contribution in [0.4, 0.5) is 0 Å². The second kappa shape index (κ2) is 13.3. The average Bonchev–Trinajstić information content (AvgIpc) is 2.85. The minimum absolute atomic E-state index is 0.260. The fraction of sp³-hybridized carbons (Fsp3) is 0.567. The third kappa shape index (κ3) is 7.13. The molecule has 0 aliphatic heterocycles. The van der Waals surface area contributed by atoms with Crippen LogP contribution in [0.1, 0.15) is 96.0 Å². The van der Waals surface area contributed by atoms with Crippen LogP contribution in [-0.2, 0) is 0 Å². The van der Waals surface area contributed by atoms with Crippen LogP contribution in [0, 0.1) is 23.2 Å². The van der Waals surface area contributed by atoms with E-state index in [4.69, 9.17) is 4.74 Å². The lowest BCUT2D eigenvalue weighted by Gasteiger charge is -2.31. The van der Waals surface area contributed by atoms with E-state index in [1.165, 1.54) is 68.1 Å². The molecule has 1 aliphatic carbocycles. The number of unbranched alkanes of at least 4 members (excludes halogenated alkanes) is 4. The number of rotatable bonds is 12. The third-order valence-corrected chi connectivity index (χ3v) is 7.19. The molecule has 0 bridgehead atoms. The molecule has 1 saturated carbocycles. The van der Waals surface area contributed by atoms with Crippen LogP contribution < -0.4 is 4.74 Å². The van der Waals surface area contributed by atoms with E-state index in [1.807, 2.05) is 0 Å². The minimum atomic E-state index is 0.260. The molecule has 2 heteroatoms. The number of ether oxygens (including phenoxy) is 1. The highest BCUT2D eigenvalue weighted by Gasteiger charge is 2.27. The molecule has 1 atom stereocenters. The van der Waals surface area contributed by atoms with E-state index in [2.05, 4.69) is 68.4 Å². The van der Waals surface area contributed by atoms with Gasteiger partial charge in [0.2, 0.25) is 0 Å². The highest BCUT2D eigenvalue weighted by Crippen LogP contribution is 2.40. The van der Waals surface area contributed by atoms with Gasteiger partial charge in [0.1, 0.15) is 5.75 Å². The van der Waals surface area contributed by atoms with Crippen molar-refractivity contribution >= 4 is 0 Å². The summed E-state index contributed by atoms with van der Waals surface area (Å²) in [4.78, 5) is 0. The lowest BCUT2D eigenvalue weighted by molar-refractivity contribution is 0.259. The molecule has 1 unspecified atom stereocenters. The summed E-state index contributed by atoms with van der Waals surface area (Å²) in [6.45, 7) is 5.25. The molecular formula is C30H41NO. The van der Waals surface area contributed by atoms with Gasteiger partial charge in [-0.3, -0.25) is 0 Å². The maximum atomic E-state index is 9.47. The van der Waals surface area contributed by atoms with Gasteiger partial charge in [0.05, 0.1) is 12.7 Å². The predicted molar refractivity (Wildman–Crippen MR) is 135 cm³/mol. The molecule has 0 amide bonds. The molecule has 0 spiro atoms. The predicted octanol–water partition coefficient (Wildman–Crippen LogP) is 8.92. The first-order valence-corrected chi connectivity index (χ1v) is 13.0. The lowest BCUT2D eigenvalue weighted by Crippen LogP contribution is -2.20. The van der Waals surface area contributed by atoms with Crippen LogP contribution in [0.25, 0.3) is 11.1 Å². The fourth-order valence-electron chi connectivity index (χ4n) is 5.16. The Kier molecular flexibility index (Phi) is 10.1. The van der Waals surface area contributed by atoms with Gasteiger partial charge in [-0.1, -0.05) is 82.3 Å². The smallest absolute Gasteiger partial charge is 0.119 e. The Balaban J connectivity index is 1.48. The number of nitrogens with zero attached hydrogens (tertiary/aromatic N) is 1. The molecule has 0 saturated heterocycles. The average molecular weight is 432 g/mol. The van der Waals surface area contributed by atoms with E-state index in [0.717, 1.165) is 31.6 Å². The summed E-state index contributed by atoms with van der Waals surface area (Å²) in [6.07, 6.45) is 13.3. The Bertz CT molecular complexity index is 809. The summed E-state index contributed by atoms with van der Waals surface area (Å²) in [5.74, 6) is 2.48. The number of hydrogen-bond acceptors (Lipinski definition) is 2. The molecule has 1 aliphatic rings. The van der Waals surface area contributed by atoms with Crippen LogP contribution in [0.3, 0.4) is 0 Å². The first kappa shape index (κ1) is 24.4. The van der Waals surface area contributed by atoms with Crippen LogP contribution in [0.5, 0.6) is 5.75 Å². The maximum Gasteiger partial charge on any atom is 0.119 e. The monoisotopic (exact) mass is 431 g/mol. The second-order valence-corrected chi connectivity index (χ2v) is 9.55. The van der Waals surface area contributed by atoms with Crippen molar-refractivity contribution in [2.24, 2.45) is 11.8 Å². The summed E-state index contributed by atoms with van der Waals surface area (Å²) >= 11 is 0. The summed E-state index contributed by atoms with van der Waals surface area (Å²) in [5.41, 5.74) is 3.97. The molecule has 1 fully saturated rings. The van der Waals surface area contributed by atoms with Crippen molar-refractivity contribution in [3.8, 4) is 22.9 Å². The molecule has 0 aromatic heterocycles. The van der Waals surface area contributed by atoms with E-state index < -0.39 is 0 Å². The number of benzene rings is 2. The maximum absolute atomic E-state index is 9.47. The highest BCUT2D eigenvalue weighted by atomic mass is 16.5. The zero-order valence-electron chi connectivity index (χ0n) is 20.2. The largest absolute Gasteiger partial charge is 0.494 e. The Morgan fingerprint density at radius 2 is 1.44 bits per heavy atom. The lowest BCUT2D eigenvalue weighted by atomic mass is 9.73. The zero-order valence-corrected chi connectivity index (χ0v) is 20.2. The minimum Gasteiger partial charge on any atom is -0.494 e. The van der Waals surface area contributed by atoms with Gasteiger partial charge in [0.15, 0.2) is 0 Å². The summed E-state index contributed by atoms with van der Waals surface area (Å²) < 4.78 is 5.90. The van der Waals surface area contributed by atoms with Crippen molar-refractivity contribution in [2.45, 2.75) is 90.4 Å². The van der Waals surface area contributed by atoms with Crippen LogP contribution in [0.15, 0.2) is 48.5 Å². The van der Waals surface area contributed by atoms with Gasteiger partial charge < -0.3 is 4.74 Å². The van der Waals surface area contributed by atoms with Crippen LogP contribution in [-0.4, -0.2) is 6.61 Å². The molecule has 2 aromatic rings. The van der Waals surface area contributed by atoms with Gasteiger partial charge in [-0.05, 0) is 79.2 Å². The third-order valence-electron chi connectivity index (χ3n) is 7.19. The SMILES string of the molecule is CCCCCCCOc1ccc(-c2ccc(C3CCC(C(C#N)CCC)CC3)cc2)cc1. The quantitative estimate of drug-likeness (QED) is 0.314. The molecule has 0 N–H and O–H groups in total. The molecule has 3 rings (SSSR count). The van der Waals surface area contributed by atoms with Crippen molar-refractivity contribution in [3.05, 3.63) is 54.1 Å². The molecule has 0 heterocycles. The summed E-state index contributed by atoms with van der Waals surface area (Å²) in [6, 6.07) is 20.3. The number of nitriles is 1. The first-order chi connectivity index (χ1) is 15.7. The Labute approximate surface area is 196 Å². The van der Waals surface area contributed by atoms with Gasteiger partial charge in [0.25, 0.3) is 0 Å². The Hall–Kier alpha value is -2.27. The number of hydrogen-bond donors (Lipinski definition) is 0. The Morgan fingerprint density at radius 3 is 2.03 bits per heavy atom. The standard InChI is InChI=1S/C30H41NO/c1-3-5-6-7-8-22-32-30-20-18-27(19-21-30)26-12-10-24(11-13-26)25-14-16-28(17-15-25)29(23-31)9-4-2/h10-13,18-21,25,28-29H,3-9,14-17,22H2,1-2H3. The van der Waals surface area contributed by atoms with Gasteiger partial charge in [0, 0.05) is 5.92 Å². The normalized spacial score (nSPS) is 19.3. The van der Waals surface area contributed by atoms with E-state index in [9.17, 15) is 5.26 Å². The van der Waals surface area contributed by atoms with Crippen molar-refractivity contribution in [1.82, 2.24) is 0 Å². The first-order valence-electron chi connectivity index (χ1n) is 13.0. The van der Waals surface area contributed by atoms with Gasteiger partial charge in [-0.15, -0.1) is 0 Å². The molecule has 2 aromatic carbocycles. The summed E-state index contributed by atoms with van der Waals surface area (Å²) in [7, 11) is 0. The van der Waals surface area contributed by atoms with Gasteiger partial charge >= 0.3 is 0 Å². The van der Waals surface area contributed by atoms with Crippen molar-refractivity contribution in [3.63, 3.8) is 0 Å². The molecule has 0 radical (unpaired) electrons. The van der Waals surface area contributed by atoms with Gasteiger partial charge in [-0.2, -0.15) is 5.26 Å². The van der Waals surface area contributed by atoms with Crippen LogP contribution >= 0.6 is 0 Å². The van der Waals surface area contributed by atoms with Crippen molar-refractivity contribution in [1.29, 1.82) is 5.26 Å². The van der Waals surface area contributed by atoms with Crippen molar-refractivity contribution in [2.75, 3.05) is 6.61 Å².